The zero-order valence-electron chi connectivity index (χ0n) is 12.5. The summed E-state index contributed by atoms with van der Waals surface area (Å²) in [6, 6.07) is 11.0. The Hall–Kier alpha value is -1.66. The number of methoxy groups -OCH3 is 2. The maximum atomic E-state index is 12.4. The molecule has 0 aliphatic rings. The van der Waals surface area contributed by atoms with Crippen LogP contribution in [0.3, 0.4) is 0 Å². The molecule has 0 radical (unpaired) electrons. The van der Waals surface area contributed by atoms with Crippen molar-refractivity contribution in [2.24, 2.45) is 0 Å². The van der Waals surface area contributed by atoms with Gasteiger partial charge in [-0.15, -0.1) is 11.8 Å². The Balaban J connectivity index is 2.29. The molecule has 0 saturated carbocycles. The van der Waals surface area contributed by atoms with Gasteiger partial charge in [0.2, 0.25) is 0 Å². The molecule has 2 aromatic carbocycles. The third-order valence-electron chi connectivity index (χ3n) is 3.04. The van der Waals surface area contributed by atoms with Crippen LogP contribution < -0.4 is 14.8 Å². The average molecular weight is 382 g/mol. The van der Waals surface area contributed by atoms with Crippen LogP contribution in [0.4, 0.5) is 5.69 Å². The van der Waals surface area contributed by atoms with Crippen molar-refractivity contribution >= 4 is 39.3 Å². The van der Waals surface area contributed by atoms with Crippen LogP contribution in [0.5, 0.6) is 11.5 Å². The van der Waals surface area contributed by atoms with Crippen molar-refractivity contribution in [3.63, 3.8) is 0 Å². The summed E-state index contributed by atoms with van der Waals surface area (Å²) in [5, 5.41) is 2.88. The third-order valence-corrected chi connectivity index (χ3v) is 4.54. The predicted molar refractivity (Wildman–Crippen MR) is 93.4 cm³/mol. The van der Waals surface area contributed by atoms with E-state index in [0.717, 1.165) is 10.6 Å². The molecule has 22 heavy (non-hydrogen) atoms. The number of anilines is 1. The second-order valence-electron chi connectivity index (χ2n) is 4.38. The van der Waals surface area contributed by atoms with Gasteiger partial charge in [0.1, 0.15) is 16.0 Å². The molecule has 0 aromatic heterocycles. The molecule has 0 fully saturated rings. The molecule has 1 amide bonds. The molecule has 0 bridgehead atoms. The molecular formula is C16H16BrNO3S. The van der Waals surface area contributed by atoms with Gasteiger partial charge in [0.05, 0.1) is 14.2 Å². The molecule has 0 aliphatic heterocycles. The molecule has 4 nitrogen and oxygen atoms in total. The first-order valence-electron chi connectivity index (χ1n) is 6.46. The van der Waals surface area contributed by atoms with Crippen LogP contribution in [0, 0.1) is 0 Å². The van der Waals surface area contributed by atoms with E-state index >= 15 is 0 Å². The quantitative estimate of drug-likeness (QED) is 0.777. The lowest BCUT2D eigenvalue weighted by Crippen LogP contribution is -2.12. The summed E-state index contributed by atoms with van der Waals surface area (Å²) in [6.45, 7) is 0. The number of thioether (sulfide) groups is 1. The first-order valence-corrected chi connectivity index (χ1v) is 8.47. The number of hydrogen-bond acceptors (Lipinski definition) is 4. The van der Waals surface area contributed by atoms with Crippen LogP contribution in [0.1, 0.15) is 10.4 Å². The van der Waals surface area contributed by atoms with Gasteiger partial charge in [-0.1, -0.05) is 6.07 Å². The van der Waals surface area contributed by atoms with Crippen LogP contribution >= 0.6 is 27.7 Å². The lowest BCUT2D eigenvalue weighted by Gasteiger charge is -2.12. The van der Waals surface area contributed by atoms with Gasteiger partial charge >= 0.3 is 0 Å². The van der Waals surface area contributed by atoms with E-state index < -0.39 is 0 Å². The minimum atomic E-state index is -0.220. The summed E-state index contributed by atoms with van der Waals surface area (Å²) in [4.78, 5) is 13.5. The van der Waals surface area contributed by atoms with Crippen LogP contribution in [-0.2, 0) is 0 Å². The molecule has 0 spiro atoms. The molecule has 2 rings (SSSR count). The molecular weight excluding hydrogens is 366 g/mol. The normalized spacial score (nSPS) is 10.2. The summed E-state index contributed by atoms with van der Waals surface area (Å²) < 4.78 is 11.2. The van der Waals surface area contributed by atoms with Gasteiger partial charge in [-0.05, 0) is 52.5 Å². The topological polar surface area (TPSA) is 47.6 Å². The van der Waals surface area contributed by atoms with Crippen molar-refractivity contribution in [2.75, 3.05) is 25.8 Å². The van der Waals surface area contributed by atoms with Crippen LogP contribution in [-0.4, -0.2) is 26.4 Å². The van der Waals surface area contributed by atoms with Crippen molar-refractivity contribution in [1.29, 1.82) is 0 Å². The van der Waals surface area contributed by atoms with Crippen molar-refractivity contribution < 1.29 is 14.3 Å². The van der Waals surface area contributed by atoms with Crippen molar-refractivity contribution in [3.8, 4) is 11.5 Å². The van der Waals surface area contributed by atoms with Gasteiger partial charge in [-0.25, -0.2) is 0 Å². The lowest BCUT2D eigenvalue weighted by molar-refractivity contribution is 0.102. The first-order chi connectivity index (χ1) is 10.6. The third kappa shape index (κ3) is 3.75. The molecule has 0 heterocycles. The Kier molecular flexibility index (Phi) is 5.74. The Morgan fingerprint density at radius 1 is 1.14 bits per heavy atom. The molecule has 0 aliphatic carbocycles. The molecule has 6 heteroatoms. The highest BCUT2D eigenvalue weighted by atomic mass is 79.9. The summed E-state index contributed by atoms with van der Waals surface area (Å²) in [6.07, 6.45) is 1.99. The van der Waals surface area contributed by atoms with Gasteiger partial charge < -0.3 is 14.8 Å². The van der Waals surface area contributed by atoms with Crippen molar-refractivity contribution in [1.82, 2.24) is 0 Å². The number of rotatable bonds is 5. The SMILES string of the molecule is COc1cc(C(=O)Nc2cccc(SC)c2)cc(OC)c1Br. The van der Waals surface area contributed by atoms with E-state index in [-0.39, 0.29) is 5.91 Å². The number of ether oxygens (including phenoxy) is 2. The number of carbonyl (C=O) groups is 1. The summed E-state index contributed by atoms with van der Waals surface area (Å²) in [7, 11) is 3.09. The van der Waals surface area contributed by atoms with E-state index in [1.165, 1.54) is 0 Å². The minimum Gasteiger partial charge on any atom is -0.495 e. The highest BCUT2D eigenvalue weighted by Crippen LogP contribution is 2.35. The highest BCUT2D eigenvalue weighted by Gasteiger charge is 2.14. The predicted octanol–water partition coefficient (Wildman–Crippen LogP) is 4.44. The molecule has 0 atom stereocenters. The second-order valence-corrected chi connectivity index (χ2v) is 6.05. The summed E-state index contributed by atoms with van der Waals surface area (Å²) in [5.74, 6) is 0.868. The van der Waals surface area contributed by atoms with E-state index in [4.69, 9.17) is 9.47 Å². The van der Waals surface area contributed by atoms with Crippen molar-refractivity contribution in [3.05, 3.63) is 46.4 Å². The standard InChI is InChI=1S/C16H16BrNO3S/c1-20-13-7-10(8-14(21-2)15(13)17)16(19)18-11-5-4-6-12(9-11)22-3/h4-9H,1-3H3,(H,18,19). The number of halogens is 1. The van der Waals surface area contributed by atoms with Crippen LogP contribution in [0.2, 0.25) is 0 Å². The monoisotopic (exact) mass is 381 g/mol. The number of hydrogen-bond donors (Lipinski definition) is 1. The average Bonchev–Trinajstić information content (AvgIpc) is 2.55. The maximum absolute atomic E-state index is 12.4. The van der Waals surface area contributed by atoms with Crippen LogP contribution in [0.25, 0.3) is 0 Å². The summed E-state index contributed by atoms with van der Waals surface area (Å²) >= 11 is 5.01. The molecule has 2 aromatic rings. The lowest BCUT2D eigenvalue weighted by atomic mass is 10.1. The number of amides is 1. The van der Waals surface area contributed by atoms with Gasteiger partial charge in [0, 0.05) is 16.1 Å². The first kappa shape index (κ1) is 16.7. The van der Waals surface area contributed by atoms with E-state index in [0.29, 0.717) is 21.5 Å². The largest absolute Gasteiger partial charge is 0.495 e. The number of nitrogens with one attached hydrogen (secondary N) is 1. The molecule has 0 saturated heterocycles. The van der Waals surface area contributed by atoms with E-state index in [1.807, 2.05) is 30.5 Å². The number of carbonyl (C=O) groups excluding carboxylic acids is 1. The highest BCUT2D eigenvalue weighted by molar-refractivity contribution is 9.10. The second kappa shape index (κ2) is 7.56. The Bertz CT molecular complexity index is 666. The fraction of sp³-hybridized carbons (Fsp3) is 0.188. The van der Waals surface area contributed by atoms with E-state index in [1.54, 1.807) is 38.1 Å². The van der Waals surface area contributed by atoms with Crippen molar-refractivity contribution in [2.45, 2.75) is 4.90 Å². The van der Waals surface area contributed by atoms with Crippen LogP contribution in [0.15, 0.2) is 45.8 Å². The summed E-state index contributed by atoms with van der Waals surface area (Å²) in [5.41, 5.74) is 1.21. The fourth-order valence-electron chi connectivity index (χ4n) is 1.90. The van der Waals surface area contributed by atoms with Gasteiger partial charge in [-0.2, -0.15) is 0 Å². The van der Waals surface area contributed by atoms with Gasteiger partial charge in [0.25, 0.3) is 5.91 Å². The minimum absolute atomic E-state index is 0.220. The van der Waals surface area contributed by atoms with E-state index in [9.17, 15) is 4.79 Å². The molecule has 0 unspecified atom stereocenters. The Morgan fingerprint density at radius 3 is 2.32 bits per heavy atom. The fourth-order valence-corrected chi connectivity index (χ4v) is 2.92. The van der Waals surface area contributed by atoms with Gasteiger partial charge in [-0.3, -0.25) is 4.79 Å². The maximum Gasteiger partial charge on any atom is 0.255 e. The molecule has 1 N–H and O–H groups in total. The Morgan fingerprint density at radius 2 is 1.77 bits per heavy atom. The van der Waals surface area contributed by atoms with E-state index in [2.05, 4.69) is 21.2 Å². The molecule has 116 valence electrons. The zero-order valence-corrected chi connectivity index (χ0v) is 14.9. The Labute approximate surface area is 142 Å². The van der Waals surface area contributed by atoms with Gasteiger partial charge in [0.15, 0.2) is 0 Å². The zero-order chi connectivity index (χ0) is 16.1. The number of benzene rings is 2. The smallest absolute Gasteiger partial charge is 0.255 e.